The van der Waals surface area contributed by atoms with Crippen LogP contribution in [0.1, 0.15) is 11.3 Å². The molecule has 0 fully saturated rings. The molecule has 124 valence electrons. The zero-order chi connectivity index (χ0) is 16.9. The molecule has 0 aliphatic rings. The maximum Gasteiger partial charge on any atom is 0.135 e. The first kappa shape index (κ1) is 17.8. The third-order valence-electron chi connectivity index (χ3n) is 3.66. The lowest BCUT2D eigenvalue weighted by atomic mass is 10.1. The Balaban J connectivity index is 1.53. The summed E-state index contributed by atoms with van der Waals surface area (Å²) in [6.45, 7) is 1.57. The first-order valence-corrected chi connectivity index (χ1v) is 9.44. The topological polar surface area (TPSA) is 25.2 Å². The van der Waals surface area contributed by atoms with Gasteiger partial charge in [-0.05, 0) is 83.6 Å². The Morgan fingerprint density at radius 2 is 1.75 bits per heavy atom. The van der Waals surface area contributed by atoms with Crippen molar-refractivity contribution in [1.29, 1.82) is 0 Å². The van der Waals surface area contributed by atoms with Crippen molar-refractivity contribution >= 4 is 45.8 Å². The van der Waals surface area contributed by atoms with Gasteiger partial charge in [0.05, 0.1) is 11.6 Å². The van der Waals surface area contributed by atoms with Crippen LogP contribution in [-0.4, -0.2) is 6.54 Å². The molecular formula is C19H16Cl2INO. The van der Waals surface area contributed by atoms with Crippen LogP contribution >= 0.6 is 45.8 Å². The van der Waals surface area contributed by atoms with E-state index in [9.17, 15) is 0 Å². The summed E-state index contributed by atoms with van der Waals surface area (Å²) in [5, 5.41) is 4.87. The standard InChI is InChI=1S/C19H16Cl2INO/c20-14-3-1-13(2-4-14)9-10-23-12-16-6-8-19(24-16)17-7-5-15(22)11-18(17)21/h1-8,11,23H,9-10,12H2. The molecule has 24 heavy (non-hydrogen) atoms. The largest absolute Gasteiger partial charge is 0.460 e. The minimum absolute atomic E-state index is 0.690. The first-order valence-electron chi connectivity index (χ1n) is 7.61. The fourth-order valence-electron chi connectivity index (χ4n) is 2.40. The van der Waals surface area contributed by atoms with Gasteiger partial charge in [0, 0.05) is 14.2 Å². The molecule has 5 heteroatoms. The summed E-state index contributed by atoms with van der Waals surface area (Å²) in [5.41, 5.74) is 2.18. The zero-order valence-electron chi connectivity index (χ0n) is 12.9. The third-order valence-corrected chi connectivity index (χ3v) is 4.90. The van der Waals surface area contributed by atoms with Crippen LogP contribution in [0.25, 0.3) is 11.3 Å². The van der Waals surface area contributed by atoms with Crippen molar-refractivity contribution in [2.75, 3.05) is 6.54 Å². The number of benzene rings is 2. The Kier molecular flexibility index (Phi) is 6.22. The lowest BCUT2D eigenvalue weighted by molar-refractivity contribution is 0.495. The molecule has 2 nitrogen and oxygen atoms in total. The molecule has 3 aromatic rings. The number of nitrogens with one attached hydrogen (secondary N) is 1. The van der Waals surface area contributed by atoms with E-state index in [1.165, 1.54) is 5.56 Å². The van der Waals surface area contributed by atoms with Crippen LogP contribution < -0.4 is 5.32 Å². The highest BCUT2D eigenvalue weighted by Crippen LogP contribution is 2.30. The molecule has 0 aliphatic carbocycles. The number of hydrogen-bond acceptors (Lipinski definition) is 2. The first-order chi connectivity index (χ1) is 11.6. The molecule has 0 unspecified atom stereocenters. The lowest BCUT2D eigenvalue weighted by Gasteiger charge is -2.04. The maximum absolute atomic E-state index is 6.29. The third kappa shape index (κ3) is 4.76. The number of rotatable bonds is 6. The van der Waals surface area contributed by atoms with Crippen LogP contribution in [0.4, 0.5) is 0 Å². The predicted octanol–water partition coefficient (Wildman–Crippen LogP) is 6.19. The van der Waals surface area contributed by atoms with E-state index >= 15 is 0 Å². The highest BCUT2D eigenvalue weighted by atomic mass is 127. The predicted molar refractivity (Wildman–Crippen MR) is 109 cm³/mol. The Morgan fingerprint density at radius 3 is 2.50 bits per heavy atom. The highest BCUT2D eigenvalue weighted by molar-refractivity contribution is 14.1. The van der Waals surface area contributed by atoms with E-state index in [1.54, 1.807) is 0 Å². The second-order valence-corrected chi connectivity index (χ2v) is 7.53. The quantitative estimate of drug-likeness (QED) is 0.342. The van der Waals surface area contributed by atoms with Gasteiger partial charge >= 0.3 is 0 Å². The summed E-state index contributed by atoms with van der Waals surface area (Å²) in [6.07, 6.45) is 0.952. The van der Waals surface area contributed by atoms with Crippen molar-refractivity contribution in [2.45, 2.75) is 13.0 Å². The summed E-state index contributed by atoms with van der Waals surface area (Å²) in [7, 11) is 0. The Hall–Kier alpha value is -1.01. The van der Waals surface area contributed by atoms with Crippen LogP contribution in [0.15, 0.2) is 59.0 Å². The summed E-state index contributed by atoms with van der Waals surface area (Å²) in [5.74, 6) is 1.70. The van der Waals surface area contributed by atoms with Crippen LogP contribution in [0.3, 0.4) is 0 Å². The second-order valence-electron chi connectivity index (χ2n) is 5.44. The van der Waals surface area contributed by atoms with Crippen molar-refractivity contribution in [2.24, 2.45) is 0 Å². The number of halogens is 3. The van der Waals surface area contributed by atoms with E-state index in [0.717, 1.165) is 38.6 Å². The molecule has 0 spiro atoms. The van der Waals surface area contributed by atoms with Gasteiger partial charge in [-0.1, -0.05) is 35.3 Å². The molecule has 1 N–H and O–H groups in total. The van der Waals surface area contributed by atoms with Crippen molar-refractivity contribution in [3.8, 4) is 11.3 Å². The molecule has 2 aromatic carbocycles. The summed E-state index contributed by atoms with van der Waals surface area (Å²) in [6, 6.07) is 17.8. The average Bonchev–Trinajstić information content (AvgIpc) is 3.02. The van der Waals surface area contributed by atoms with Gasteiger partial charge in [0.2, 0.25) is 0 Å². The van der Waals surface area contributed by atoms with Crippen molar-refractivity contribution < 1.29 is 4.42 Å². The van der Waals surface area contributed by atoms with Gasteiger partial charge in [-0.15, -0.1) is 0 Å². The molecule has 0 saturated heterocycles. The van der Waals surface area contributed by atoms with Crippen molar-refractivity contribution in [3.05, 3.63) is 79.5 Å². The minimum Gasteiger partial charge on any atom is -0.460 e. The molecule has 0 atom stereocenters. The van der Waals surface area contributed by atoms with Gasteiger partial charge in [0.1, 0.15) is 11.5 Å². The Labute approximate surface area is 165 Å². The van der Waals surface area contributed by atoms with Crippen LogP contribution in [-0.2, 0) is 13.0 Å². The van der Waals surface area contributed by atoms with Crippen LogP contribution in [0.2, 0.25) is 10.0 Å². The van der Waals surface area contributed by atoms with Gasteiger partial charge in [0.25, 0.3) is 0 Å². The molecule has 3 rings (SSSR count). The monoisotopic (exact) mass is 471 g/mol. The van der Waals surface area contributed by atoms with Gasteiger partial charge in [0.15, 0.2) is 0 Å². The molecule has 1 heterocycles. The zero-order valence-corrected chi connectivity index (χ0v) is 16.5. The van der Waals surface area contributed by atoms with Gasteiger partial charge in [-0.2, -0.15) is 0 Å². The fraction of sp³-hybridized carbons (Fsp3) is 0.158. The van der Waals surface area contributed by atoms with E-state index in [2.05, 4.69) is 27.9 Å². The molecule has 0 amide bonds. The molecule has 0 bridgehead atoms. The smallest absolute Gasteiger partial charge is 0.135 e. The van der Waals surface area contributed by atoms with Gasteiger partial charge < -0.3 is 9.73 Å². The van der Waals surface area contributed by atoms with Crippen LogP contribution in [0.5, 0.6) is 0 Å². The summed E-state index contributed by atoms with van der Waals surface area (Å²) < 4.78 is 7.00. The van der Waals surface area contributed by atoms with Gasteiger partial charge in [-0.25, -0.2) is 0 Å². The normalized spacial score (nSPS) is 11.0. The average molecular weight is 472 g/mol. The molecule has 0 saturated carbocycles. The minimum atomic E-state index is 0.690. The lowest BCUT2D eigenvalue weighted by Crippen LogP contribution is -2.16. The fourth-order valence-corrected chi connectivity index (χ4v) is 3.48. The molecule has 0 aliphatic heterocycles. The van der Waals surface area contributed by atoms with E-state index in [-0.39, 0.29) is 0 Å². The Bertz CT molecular complexity index is 814. The number of hydrogen-bond donors (Lipinski definition) is 1. The molecular weight excluding hydrogens is 456 g/mol. The highest BCUT2D eigenvalue weighted by Gasteiger charge is 2.09. The summed E-state index contributed by atoms with van der Waals surface area (Å²) >= 11 is 14.4. The van der Waals surface area contributed by atoms with E-state index < -0.39 is 0 Å². The van der Waals surface area contributed by atoms with Gasteiger partial charge in [-0.3, -0.25) is 0 Å². The van der Waals surface area contributed by atoms with Crippen LogP contribution in [0, 0.1) is 3.57 Å². The molecule has 0 radical (unpaired) electrons. The molecule has 1 aromatic heterocycles. The SMILES string of the molecule is Clc1ccc(CCNCc2ccc(-c3ccc(I)cc3Cl)o2)cc1. The number of furan rings is 1. The summed E-state index contributed by atoms with van der Waals surface area (Å²) in [4.78, 5) is 0. The van der Waals surface area contributed by atoms with E-state index in [4.69, 9.17) is 27.6 Å². The Morgan fingerprint density at radius 1 is 0.958 bits per heavy atom. The van der Waals surface area contributed by atoms with Crippen molar-refractivity contribution in [1.82, 2.24) is 5.32 Å². The van der Waals surface area contributed by atoms with Crippen molar-refractivity contribution in [3.63, 3.8) is 0 Å². The second kappa shape index (κ2) is 8.39. The van der Waals surface area contributed by atoms with E-state index in [0.29, 0.717) is 11.6 Å². The maximum atomic E-state index is 6.29. The van der Waals surface area contributed by atoms with E-state index in [1.807, 2.05) is 54.6 Å².